The van der Waals surface area contributed by atoms with Crippen LogP contribution in [0.15, 0.2) is 48.2 Å². The van der Waals surface area contributed by atoms with Crippen molar-refractivity contribution >= 4 is 36.1 Å². The van der Waals surface area contributed by atoms with Crippen molar-refractivity contribution in [1.82, 2.24) is 15.1 Å². The van der Waals surface area contributed by atoms with Crippen molar-refractivity contribution in [2.45, 2.75) is 13.0 Å². The predicted octanol–water partition coefficient (Wildman–Crippen LogP) is 2.60. The third-order valence-electron chi connectivity index (χ3n) is 6.44. The van der Waals surface area contributed by atoms with Crippen LogP contribution in [-0.4, -0.2) is 93.0 Å². The van der Waals surface area contributed by atoms with Gasteiger partial charge >= 0.3 is 6.03 Å². The number of aliphatic hydroxyl groups excluding tert-OH is 1. The molecule has 2 aromatic rings. The molecule has 2 heterocycles. The number of imide groups is 1. The molecule has 1 atom stereocenters. The average Bonchev–Trinajstić information content (AvgIpc) is 3.17. The van der Waals surface area contributed by atoms with Gasteiger partial charge in [0.25, 0.3) is 5.91 Å². The first-order valence-corrected chi connectivity index (χ1v) is 12.4. The van der Waals surface area contributed by atoms with Crippen LogP contribution in [0, 0.1) is 0 Å². The number of para-hydroxylation sites is 2. The lowest BCUT2D eigenvalue weighted by atomic mass is 10.1. The molecule has 0 spiro atoms. The number of ether oxygens (including phenoxy) is 3. The van der Waals surface area contributed by atoms with E-state index in [0.717, 1.165) is 42.5 Å². The van der Waals surface area contributed by atoms with E-state index in [2.05, 4.69) is 21.2 Å². The average molecular weight is 547 g/mol. The molecule has 2 N–H and O–H groups in total. The van der Waals surface area contributed by atoms with Gasteiger partial charge in [-0.15, -0.1) is 12.4 Å². The maximum absolute atomic E-state index is 12.9. The summed E-state index contributed by atoms with van der Waals surface area (Å²) < 4.78 is 16.3. The predicted molar refractivity (Wildman–Crippen MR) is 147 cm³/mol. The van der Waals surface area contributed by atoms with Gasteiger partial charge in [-0.3, -0.25) is 14.6 Å². The Balaban J connectivity index is 0.00000400. The number of rotatable bonds is 10. The number of nitrogens with one attached hydrogen (secondary N) is 1. The molecule has 2 saturated heterocycles. The lowest BCUT2D eigenvalue weighted by Crippen LogP contribution is -2.50. The highest BCUT2D eigenvalue weighted by atomic mass is 35.5. The van der Waals surface area contributed by atoms with Gasteiger partial charge < -0.3 is 29.5 Å². The number of urea groups is 1. The van der Waals surface area contributed by atoms with Crippen molar-refractivity contribution in [2.75, 3.05) is 65.0 Å². The summed E-state index contributed by atoms with van der Waals surface area (Å²) in [6.45, 7) is 5.93. The first kappa shape index (κ1) is 29.1. The number of halogens is 1. The van der Waals surface area contributed by atoms with Gasteiger partial charge in [0.2, 0.25) is 0 Å². The van der Waals surface area contributed by atoms with Crippen LogP contribution in [0.2, 0.25) is 0 Å². The number of aliphatic hydroxyl groups is 1. The zero-order valence-corrected chi connectivity index (χ0v) is 22.7. The molecule has 38 heavy (non-hydrogen) atoms. The van der Waals surface area contributed by atoms with Crippen molar-refractivity contribution < 1.29 is 28.9 Å². The monoisotopic (exact) mass is 546 g/mol. The van der Waals surface area contributed by atoms with Gasteiger partial charge in [-0.2, -0.15) is 0 Å². The summed E-state index contributed by atoms with van der Waals surface area (Å²) >= 11 is 0. The number of anilines is 1. The van der Waals surface area contributed by atoms with Crippen molar-refractivity contribution in [3.63, 3.8) is 0 Å². The first-order valence-electron chi connectivity index (χ1n) is 12.4. The molecule has 4 rings (SSSR count). The zero-order chi connectivity index (χ0) is 26.4. The molecule has 11 heteroatoms. The van der Waals surface area contributed by atoms with Crippen LogP contribution >= 0.6 is 12.4 Å². The lowest BCUT2D eigenvalue weighted by molar-refractivity contribution is -0.124. The Morgan fingerprint density at radius 1 is 1.00 bits per heavy atom. The Labute approximate surface area is 229 Å². The topological polar surface area (TPSA) is 104 Å². The summed E-state index contributed by atoms with van der Waals surface area (Å²) in [4.78, 5) is 30.9. The number of carbonyl (C=O) groups is 2. The molecule has 10 nitrogen and oxygen atoms in total. The molecule has 0 aliphatic carbocycles. The van der Waals surface area contributed by atoms with Gasteiger partial charge in [0.1, 0.15) is 22.9 Å². The Kier molecular flexibility index (Phi) is 10.2. The molecule has 3 amide bonds. The summed E-state index contributed by atoms with van der Waals surface area (Å²) in [5.41, 5.74) is 1.82. The van der Waals surface area contributed by atoms with Crippen molar-refractivity contribution in [3.05, 3.63) is 53.7 Å². The van der Waals surface area contributed by atoms with Crippen LogP contribution in [0.3, 0.4) is 0 Å². The molecular formula is C27H35ClN4O6. The normalized spacial score (nSPS) is 17.7. The number of nitrogens with zero attached hydrogens (tertiary/aromatic N) is 3. The number of amides is 3. The molecule has 2 fully saturated rings. The SMILES string of the molecule is CCOc1ccccc1N1CCN(CC(O)CN2C(=O)N/C(=C\c3ccc(OC)cc3OC)C2=O)CC1.Cl. The van der Waals surface area contributed by atoms with E-state index in [1.165, 1.54) is 7.11 Å². The summed E-state index contributed by atoms with van der Waals surface area (Å²) in [5, 5.41) is 13.3. The minimum absolute atomic E-state index is 0. The van der Waals surface area contributed by atoms with Crippen molar-refractivity contribution in [1.29, 1.82) is 0 Å². The molecular weight excluding hydrogens is 512 g/mol. The second-order valence-corrected chi connectivity index (χ2v) is 8.85. The summed E-state index contributed by atoms with van der Waals surface area (Å²) in [7, 11) is 3.07. The molecule has 0 bridgehead atoms. The third kappa shape index (κ3) is 6.69. The number of piperazine rings is 1. The van der Waals surface area contributed by atoms with Crippen LogP contribution in [0.4, 0.5) is 10.5 Å². The number of methoxy groups -OCH3 is 2. The fourth-order valence-electron chi connectivity index (χ4n) is 4.56. The van der Waals surface area contributed by atoms with Crippen LogP contribution in [-0.2, 0) is 4.79 Å². The fourth-order valence-corrected chi connectivity index (χ4v) is 4.56. The number of benzene rings is 2. The Bertz CT molecular complexity index is 1150. The van der Waals surface area contributed by atoms with E-state index in [1.54, 1.807) is 31.4 Å². The lowest BCUT2D eigenvalue weighted by Gasteiger charge is -2.37. The molecule has 0 radical (unpaired) electrons. The van der Waals surface area contributed by atoms with Gasteiger partial charge in [0.15, 0.2) is 0 Å². The second-order valence-electron chi connectivity index (χ2n) is 8.85. The summed E-state index contributed by atoms with van der Waals surface area (Å²) in [5.74, 6) is 1.51. The quantitative estimate of drug-likeness (QED) is 0.346. The Morgan fingerprint density at radius 2 is 1.74 bits per heavy atom. The number of hydrogen-bond donors (Lipinski definition) is 2. The zero-order valence-electron chi connectivity index (χ0n) is 21.9. The van der Waals surface area contributed by atoms with Crippen molar-refractivity contribution in [3.8, 4) is 17.2 Å². The van der Waals surface area contributed by atoms with E-state index in [0.29, 0.717) is 30.2 Å². The smallest absolute Gasteiger partial charge is 0.329 e. The molecule has 2 aliphatic heterocycles. The van der Waals surface area contributed by atoms with E-state index >= 15 is 0 Å². The van der Waals surface area contributed by atoms with E-state index in [9.17, 15) is 14.7 Å². The number of carbonyl (C=O) groups excluding carboxylic acids is 2. The largest absolute Gasteiger partial charge is 0.497 e. The van der Waals surface area contributed by atoms with Gasteiger partial charge in [0.05, 0.1) is 39.2 Å². The third-order valence-corrected chi connectivity index (χ3v) is 6.44. The fraction of sp³-hybridized carbons (Fsp3) is 0.407. The van der Waals surface area contributed by atoms with Crippen LogP contribution in [0.1, 0.15) is 12.5 Å². The van der Waals surface area contributed by atoms with Gasteiger partial charge in [-0.25, -0.2) is 4.79 Å². The number of hydrogen-bond acceptors (Lipinski definition) is 8. The molecule has 0 aromatic heterocycles. The van der Waals surface area contributed by atoms with Gasteiger partial charge in [-0.05, 0) is 37.3 Å². The highest BCUT2D eigenvalue weighted by Gasteiger charge is 2.35. The molecule has 0 saturated carbocycles. The molecule has 2 aromatic carbocycles. The first-order chi connectivity index (χ1) is 17.9. The Morgan fingerprint density at radius 3 is 2.42 bits per heavy atom. The van der Waals surface area contributed by atoms with E-state index in [1.807, 2.05) is 25.1 Å². The molecule has 2 aliphatic rings. The maximum atomic E-state index is 12.9. The minimum Gasteiger partial charge on any atom is -0.497 e. The van der Waals surface area contributed by atoms with E-state index in [-0.39, 0.29) is 24.6 Å². The van der Waals surface area contributed by atoms with Crippen LogP contribution < -0.4 is 24.4 Å². The van der Waals surface area contributed by atoms with E-state index in [4.69, 9.17) is 14.2 Å². The minimum atomic E-state index is -0.869. The van der Waals surface area contributed by atoms with E-state index < -0.39 is 18.0 Å². The standard InChI is InChI=1S/C27H34N4O6.ClH/c1-4-37-24-8-6-5-7-23(24)30-13-11-29(12-14-30)17-20(32)18-31-26(33)22(28-27(31)34)15-19-9-10-21(35-2)16-25(19)36-3;/h5-10,15-16,20,32H,4,11-14,17-18H2,1-3H3,(H,28,34);1H/b22-15-;. The summed E-state index contributed by atoms with van der Waals surface area (Å²) in [6.07, 6.45) is 0.691. The second kappa shape index (κ2) is 13.4. The molecule has 1 unspecified atom stereocenters. The molecule has 206 valence electrons. The van der Waals surface area contributed by atoms with Gasteiger partial charge in [-0.1, -0.05) is 12.1 Å². The van der Waals surface area contributed by atoms with Crippen molar-refractivity contribution in [2.24, 2.45) is 0 Å². The van der Waals surface area contributed by atoms with Gasteiger partial charge in [0, 0.05) is 44.4 Å². The Hall–Kier alpha value is -3.47. The van der Waals surface area contributed by atoms with Crippen LogP contribution in [0.25, 0.3) is 6.08 Å². The number of β-amino-alcohol motifs (C(OH)–C–C–N with tert-alkyl or cyclic N) is 1. The maximum Gasteiger partial charge on any atom is 0.329 e. The van der Waals surface area contributed by atoms with Crippen LogP contribution in [0.5, 0.6) is 17.2 Å². The highest BCUT2D eigenvalue weighted by molar-refractivity contribution is 6.14. The summed E-state index contributed by atoms with van der Waals surface area (Å²) in [6, 6.07) is 12.6. The highest BCUT2D eigenvalue weighted by Crippen LogP contribution is 2.29.